The highest BCUT2D eigenvalue weighted by Gasteiger charge is 2.09. The lowest BCUT2D eigenvalue weighted by Crippen LogP contribution is -2.18. The molecule has 0 aliphatic heterocycles. The van der Waals surface area contributed by atoms with Crippen molar-refractivity contribution in [3.05, 3.63) is 95.6 Å². The minimum atomic E-state index is -0.251. The molecule has 2 amide bonds. The first kappa shape index (κ1) is 18.2. The highest BCUT2D eigenvalue weighted by Crippen LogP contribution is 2.16. The van der Waals surface area contributed by atoms with Gasteiger partial charge in [-0.3, -0.25) is 9.59 Å². The zero-order valence-corrected chi connectivity index (χ0v) is 14.9. The normalized spacial score (nSPS) is 10.1. The Bertz CT molecular complexity index is 922. The van der Waals surface area contributed by atoms with Gasteiger partial charge in [0.1, 0.15) is 12.4 Å². The van der Waals surface area contributed by atoms with Crippen molar-refractivity contribution < 1.29 is 14.3 Å². The Morgan fingerprint density at radius 3 is 2.26 bits per heavy atom. The van der Waals surface area contributed by atoms with Crippen LogP contribution in [0.25, 0.3) is 0 Å². The number of amides is 2. The van der Waals surface area contributed by atoms with Gasteiger partial charge in [0.15, 0.2) is 0 Å². The molecular weight excluding hydrogens is 340 g/mol. The van der Waals surface area contributed by atoms with Gasteiger partial charge in [0.2, 0.25) is 0 Å². The molecule has 0 saturated carbocycles. The second-order valence-corrected chi connectivity index (χ2v) is 5.91. The highest BCUT2D eigenvalue weighted by molar-refractivity contribution is 6.05. The predicted octanol–water partition coefficient (Wildman–Crippen LogP) is 3.88. The molecule has 27 heavy (non-hydrogen) atoms. The van der Waals surface area contributed by atoms with E-state index in [4.69, 9.17) is 4.74 Å². The van der Waals surface area contributed by atoms with Crippen molar-refractivity contribution >= 4 is 17.5 Å². The Hall–Kier alpha value is -3.60. The molecule has 3 rings (SSSR count). The first-order chi connectivity index (χ1) is 13.2. The van der Waals surface area contributed by atoms with Crippen LogP contribution >= 0.6 is 0 Å². The summed E-state index contributed by atoms with van der Waals surface area (Å²) in [7, 11) is 1.56. The Labute approximate surface area is 158 Å². The number of rotatable bonds is 6. The van der Waals surface area contributed by atoms with E-state index in [2.05, 4.69) is 10.6 Å². The number of anilines is 1. The minimum absolute atomic E-state index is 0.203. The quantitative estimate of drug-likeness (QED) is 0.701. The number of hydrogen-bond acceptors (Lipinski definition) is 3. The molecule has 0 unspecified atom stereocenters. The summed E-state index contributed by atoms with van der Waals surface area (Å²) in [5, 5.41) is 5.35. The van der Waals surface area contributed by atoms with E-state index in [-0.39, 0.29) is 11.8 Å². The van der Waals surface area contributed by atoms with Gasteiger partial charge in [0.25, 0.3) is 11.8 Å². The van der Waals surface area contributed by atoms with Gasteiger partial charge < -0.3 is 15.4 Å². The molecule has 0 aliphatic carbocycles. The van der Waals surface area contributed by atoms with Crippen LogP contribution < -0.4 is 15.4 Å². The summed E-state index contributed by atoms with van der Waals surface area (Å²) < 4.78 is 5.72. The summed E-state index contributed by atoms with van der Waals surface area (Å²) >= 11 is 0. The molecule has 0 aliphatic rings. The van der Waals surface area contributed by atoms with Crippen molar-refractivity contribution in [3.63, 3.8) is 0 Å². The molecule has 0 atom stereocenters. The van der Waals surface area contributed by atoms with Crippen LogP contribution in [-0.2, 0) is 6.61 Å². The van der Waals surface area contributed by atoms with Crippen LogP contribution in [0.3, 0.4) is 0 Å². The van der Waals surface area contributed by atoms with Crippen LogP contribution in [-0.4, -0.2) is 18.9 Å². The molecule has 0 fully saturated rings. The molecule has 3 aromatic carbocycles. The third-order valence-corrected chi connectivity index (χ3v) is 3.97. The van der Waals surface area contributed by atoms with Gasteiger partial charge in [-0.2, -0.15) is 0 Å². The standard InChI is InChI=1S/C22H20N2O3/c1-23-21(25)18-8-5-9-19(14-18)24-22(26)17-10-12-20(13-11-17)27-15-16-6-3-2-4-7-16/h2-14H,15H2,1H3,(H,23,25)(H,24,26). The van der Waals surface area contributed by atoms with Gasteiger partial charge in [-0.05, 0) is 48.0 Å². The number of hydrogen-bond donors (Lipinski definition) is 2. The van der Waals surface area contributed by atoms with E-state index < -0.39 is 0 Å². The summed E-state index contributed by atoms with van der Waals surface area (Å²) in [6.07, 6.45) is 0. The van der Waals surface area contributed by atoms with Gasteiger partial charge in [-0.25, -0.2) is 0 Å². The summed E-state index contributed by atoms with van der Waals surface area (Å²) in [4.78, 5) is 24.1. The summed E-state index contributed by atoms with van der Waals surface area (Å²) in [5.41, 5.74) is 2.63. The van der Waals surface area contributed by atoms with Crippen LogP contribution in [0, 0.1) is 0 Å². The van der Waals surface area contributed by atoms with Gasteiger partial charge in [-0.1, -0.05) is 36.4 Å². The fourth-order valence-corrected chi connectivity index (χ4v) is 2.53. The minimum Gasteiger partial charge on any atom is -0.489 e. The second-order valence-electron chi connectivity index (χ2n) is 5.91. The Morgan fingerprint density at radius 2 is 1.56 bits per heavy atom. The van der Waals surface area contributed by atoms with Gasteiger partial charge in [-0.15, -0.1) is 0 Å². The van der Waals surface area contributed by atoms with Crippen molar-refractivity contribution in [3.8, 4) is 5.75 Å². The van der Waals surface area contributed by atoms with Crippen LogP contribution in [0.5, 0.6) is 5.75 Å². The van der Waals surface area contributed by atoms with Crippen molar-refractivity contribution in [1.82, 2.24) is 5.32 Å². The number of carbonyl (C=O) groups excluding carboxylic acids is 2. The van der Waals surface area contributed by atoms with Gasteiger partial charge in [0.05, 0.1) is 0 Å². The fraction of sp³-hybridized carbons (Fsp3) is 0.0909. The Kier molecular flexibility index (Phi) is 5.84. The Balaban J connectivity index is 1.61. The molecule has 0 radical (unpaired) electrons. The molecular formula is C22H20N2O3. The molecule has 0 heterocycles. The van der Waals surface area contributed by atoms with Gasteiger partial charge in [0, 0.05) is 23.9 Å². The van der Waals surface area contributed by atoms with E-state index in [1.807, 2.05) is 30.3 Å². The lowest BCUT2D eigenvalue weighted by Gasteiger charge is -2.09. The fourth-order valence-electron chi connectivity index (χ4n) is 2.53. The van der Waals surface area contributed by atoms with E-state index in [9.17, 15) is 9.59 Å². The van der Waals surface area contributed by atoms with Crippen molar-refractivity contribution in [2.24, 2.45) is 0 Å². The Morgan fingerprint density at radius 1 is 0.815 bits per heavy atom. The maximum atomic E-state index is 12.4. The van der Waals surface area contributed by atoms with Crippen LogP contribution in [0.15, 0.2) is 78.9 Å². The third-order valence-electron chi connectivity index (χ3n) is 3.97. The lowest BCUT2D eigenvalue weighted by atomic mass is 10.1. The molecule has 0 bridgehead atoms. The molecule has 0 spiro atoms. The molecule has 5 heteroatoms. The molecule has 5 nitrogen and oxygen atoms in total. The van der Waals surface area contributed by atoms with Gasteiger partial charge >= 0.3 is 0 Å². The average molecular weight is 360 g/mol. The van der Waals surface area contributed by atoms with Crippen LogP contribution in [0.2, 0.25) is 0 Å². The topological polar surface area (TPSA) is 67.4 Å². The predicted molar refractivity (Wildman–Crippen MR) is 105 cm³/mol. The van der Waals surface area contributed by atoms with E-state index in [0.717, 1.165) is 5.56 Å². The molecule has 2 N–H and O–H groups in total. The van der Waals surface area contributed by atoms with Crippen molar-refractivity contribution in [2.75, 3.05) is 12.4 Å². The SMILES string of the molecule is CNC(=O)c1cccc(NC(=O)c2ccc(OCc3ccccc3)cc2)c1. The zero-order valence-electron chi connectivity index (χ0n) is 14.9. The van der Waals surface area contributed by atoms with Crippen molar-refractivity contribution in [1.29, 1.82) is 0 Å². The number of ether oxygens (including phenoxy) is 1. The molecule has 0 aromatic heterocycles. The number of nitrogens with one attached hydrogen (secondary N) is 2. The summed E-state index contributed by atoms with van der Waals surface area (Å²) in [5.74, 6) is 0.238. The van der Waals surface area contributed by atoms with E-state index >= 15 is 0 Å². The largest absolute Gasteiger partial charge is 0.489 e. The second kappa shape index (κ2) is 8.67. The highest BCUT2D eigenvalue weighted by atomic mass is 16.5. The molecule has 136 valence electrons. The van der Waals surface area contributed by atoms with E-state index in [0.29, 0.717) is 29.2 Å². The lowest BCUT2D eigenvalue weighted by molar-refractivity contribution is 0.0961. The molecule has 3 aromatic rings. The van der Waals surface area contributed by atoms with Crippen LogP contribution in [0.1, 0.15) is 26.3 Å². The summed E-state index contributed by atoms with van der Waals surface area (Å²) in [6, 6.07) is 23.6. The van der Waals surface area contributed by atoms with Crippen LogP contribution in [0.4, 0.5) is 5.69 Å². The van der Waals surface area contributed by atoms with Crippen molar-refractivity contribution in [2.45, 2.75) is 6.61 Å². The monoisotopic (exact) mass is 360 g/mol. The number of benzene rings is 3. The van der Waals surface area contributed by atoms with E-state index in [1.54, 1.807) is 55.6 Å². The molecule has 0 saturated heterocycles. The maximum Gasteiger partial charge on any atom is 0.255 e. The first-order valence-corrected chi connectivity index (χ1v) is 8.56. The zero-order chi connectivity index (χ0) is 19.1. The number of carbonyl (C=O) groups is 2. The summed E-state index contributed by atoms with van der Waals surface area (Å²) in [6.45, 7) is 0.471. The first-order valence-electron chi connectivity index (χ1n) is 8.56. The van der Waals surface area contributed by atoms with E-state index in [1.165, 1.54) is 0 Å². The third kappa shape index (κ3) is 4.95. The maximum absolute atomic E-state index is 12.4. The smallest absolute Gasteiger partial charge is 0.255 e. The average Bonchev–Trinajstić information content (AvgIpc) is 2.73.